The van der Waals surface area contributed by atoms with Gasteiger partial charge in [-0.1, -0.05) is 13.8 Å². The molecular formula is C18H20BrNO3. The van der Waals surface area contributed by atoms with Gasteiger partial charge in [-0.3, -0.25) is 4.79 Å². The Kier molecular flexibility index (Phi) is 6.04. The molecule has 0 saturated carbocycles. The Morgan fingerprint density at radius 1 is 1.17 bits per heavy atom. The fourth-order valence-electron chi connectivity index (χ4n) is 1.89. The quantitative estimate of drug-likeness (QED) is 0.790. The number of halogens is 1. The number of anilines is 1. The molecule has 1 N–H and O–H groups in total. The lowest BCUT2D eigenvalue weighted by atomic mass is 10.2. The average Bonchev–Trinajstić information content (AvgIpc) is 2.54. The summed E-state index contributed by atoms with van der Waals surface area (Å²) in [7, 11) is 1.61. The molecule has 122 valence electrons. The number of hydrogen-bond acceptors (Lipinski definition) is 3. The summed E-state index contributed by atoms with van der Waals surface area (Å²) in [6, 6.07) is 12.5. The van der Waals surface area contributed by atoms with Crippen molar-refractivity contribution in [2.45, 2.75) is 13.8 Å². The van der Waals surface area contributed by atoms with E-state index in [0.717, 1.165) is 16.0 Å². The summed E-state index contributed by atoms with van der Waals surface area (Å²) >= 11 is 3.45. The number of nitrogens with one attached hydrogen (secondary N) is 1. The Morgan fingerprint density at radius 3 is 2.43 bits per heavy atom. The molecule has 0 saturated heterocycles. The first-order valence-corrected chi connectivity index (χ1v) is 8.16. The molecule has 0 aliphatic rings. The first kappa shape index (κ1) is 17.3. The van der Waals surface area contributed by atoms with E-state index in [1.54, 1.807) is 49.6 Å². The molecule has 5 heteroatoms. The molecule has 4 nitrogen and oxygen atoms in total. The minimum absolute atomic E-state index is 0.175. The maximum Gasteiger partial charge on any atom is 0.255 e. The maximum atomic E-state index is 12.3. The van der Waals surface area contributed by atoms with Crippen LogP contribution in [0.4, 0.5) is 5.69 Å². The molecule has 0 aliphatic carbocycles. The van der Waals surface area contributed by atoms with Crippen molar-refractivity contribution in [1.82, 2.24) is 0 Å². The van der Waals surface area contributed by atoms with Crippen LogP contribution in [0.5, 0.6) is 11.5 Å². The molecule has 0 atom stereocenters. The summed E-state index contributed by atoms with van der Waals surface area (Å²) < 4.78 is 11.5. The van der Waals surface area contributed by atoms with Gasteiger partial charge in [-0.2, -0.15) is 0 Å². The first-order valence-electron chi connectivity index (χ1n) is 7.37. The van der Waals surface area contributed by atoms with E-state index in [9.17, 15) is 4.79 Å². The average molecular weight is 378 g/mol. The van der Waals surface area contributed by atoms with Gasteiger partial charge in [0, 0.05) is 11.3 Å². The van der Waals surface area contributed by atoms with Crippen LogP contribution in [0.3, 0.4) is 0 Å². The summed E-state index contributed by atoms with van der Waals surface area (Å²) in [6.07, 6.45) is 0. The van der Waals surface area contributed by atoms with E-state index in [0.29, 0.717) is 23.8 Å². The maximum absolute atomic E-state index is 12.3. The second kappa shape index (κ2) is 8.02. The molecule has 0 bridgehead atoms. The van der Waals surface area contributed by atoms with Crippen LogP contribution in [-0.2, 0) is 0 Å². The number of rotatable bonds is 6. The van der Waals surface area contributed by atoms with Gasteiger partial charge in [-0.05, 0) is 64.3 Å². The SMILES string of the molecule is COc1ccc(NC(=O)c2ccc(OCC(C)C)c(Br)c2)cc1. The predicted octanol–water partition coefficient (Wildman–Crippen LogP) is 4.74. The van der Waals surface area contributed by atoms with Crippen molar-refractivity contribution in [2.24, 2.45) is 5.92 Å². The zero-order valence-corrected chi connectivity index (χ0v) is 15.0. The van der Waals surface area contributed by atoms with Crippen LogP contribution in [0, 0.1) is 5.92 Å². The lowest BCUT2D eigenvalue weighted by Crippen LogP contribution is -2.12. The first-order chi connectivity index (χ1) is 11.0. The number of benzene rings is 2. The highest BCUT2D eigenvalue weighted by molar-refractivity contribution is 9.10. The Hall–Kier alpha value is -2.01. The number of methoxy groups -OCH3 is 1. The lowest BCUT2D eigenvalue weighted by molar-refractivity contribution is 0.102. The third-order valence-electron chi connectivity index (χ3n) is 3.11. The van der Waals surface area contributed by atoms with E-state index in [-0.39, 0.29) is 5.91 Å². The monoisotopic (exact) mass is 377 g/mol. The lowest BCUT2D eigenvalue weighted by Gasteiger charge is -2.12. The van der Waals surface area contributed by atoms with Crippen LogP contribution in [0.15, 0.2) is 46.9 Å². The van der Waals surface area contributed by atoms with Crippen LogP contribution in [-0.4, -0.2) is 19.6 Å². The summed E-state index contributed by atoms with van der Waals surface area (Å²) in [4.78, 5) is 12.3. The van der Waals surface area contributed by atoms with Gasteiger partial charge in [0.05, 0.1) is 18.2 Å². The highest BCUT2D eigenvalue weighted by Gasteiger charge is 2.10. The molecule has 0 fully saturated rings. The highest BCUT2D eigenvalue weighted by Crippen LogP contribution is 2.27. The molecule has 0 heterocycles. The second-order valence-corrected chi connectivity index (χ2v) is 6.39. The van der Waals surface area contributed by atoms with E-state index >= 15 is 0 Å². The largest absolute Gasteiger partial charge is 0.497 e. The number of carbonyl (C=O) groups excluding carboxylic acids is 1. The predicted molar refractivity (Wildman–Crippen MR) is 95.4 cm³/mol. The fraction of sp³-hybridized carbons (Fsp3) is 0.278. The van der Waals surface area contributed by atoms with Crippen molar-refractivity contribution in [2.75, 3.05) is 19.0 Å². The van der Waals surface area contributed by atoms with Crippen LogP contribution >= 0.6 is 15.9 Å². The number of carbonyl (C=O) groups is 1. The fourth-order valence-corrected chi connectivity index (χ4v) is 2.39. The van der Waals surface area contributed by atoms with Gasteiger partial charge in [0.1, 0.15) is 11.5 Å². The molecule has 2 rings (SSSR count). The van der Waals surface area contributed by atoms with Gasteiger partial charge in [0.2, 0.25) is 0 Å². The van der Waals surface area contributed by atoms with Crippen molar-refractivity contribution in [1.29, 1.82) is 0 Å². The zero-order valence-electron chi connectivity index (χ0n) is 13.4. The number of ether oxygens (including phenoxy) is 2. The Balaban J connectivity index is 2.05. The van der Waals surface area contributed by atoms with Gasteiger partial charge < -0.3 is 14.8 Å². The molecule has 2 aromatic rings. The molecule has 0 spiro atoms. The van der Waals surface area contributed by atoms with Crippen LogP contribution in [0.25, 0.3) is 0 Å². The standard InChI is InChI=1S/C18H20BrNO3/c1-12(2)11-23-17-9-4-13(10-16(17)19)18(21)20-14-5-7-15(22-3)8-6-14/h4-10,12H,11H2,1-3H3,(H,20,21). The van der Waals surface area contributed by atoms with Crippen LogP contribution < -0.4 is 14.8 Å². The zero-order chi connectivity index (χ0) is 16.8. The van der Waals surface area contributed by atoms with E-state index in [2.05, 4.69) is 35.1 Å². The third kappa shape index (κ3) is 4.99. The Labute approximate surface area is 144 Å². The van der Waals surface area contributed by atoms with Gasteiger partial charge in [-0.25, -0.2) is 0 Å². The topological polar surface area (TPSA) is 47.6 Å². The molecule has 0 aromatic heterocycles. The molecule has 0 radical (unpaired) electrons. The summed E-state index contributed by atoms with van der Waals surface area (Å²) in [5.74, 6) is 1.75. The van der Waals surface area contributed by atoms with E-state index in [4.69, 9.17) is 9.47 Å². The minimum atomic E-state index is -0.175. The van der Waals surface area contributed by atoms with E-state index in [1.165, 1.54) is 0 Å². The smallest absolute Gasteiger partial charge is 0.255 e. The van der Waals surface area contributed by atoms with Crippen molar-refractivity contribution in [3.8, 4) is 11.5 Å². The summed E-state index contributed by atoms with van der Waals surface area (Å²) in [6.45, 7) is 4.81. The normalized spacial score (nSPS) is 10.5. The summed E-state index contributed by atoms with van der Waals surface area (Å²) in [5.41, 5.74) is 1.27. The molecule has 0 unspecified atom stereocenters. The Bertz CT molecular complexity index is 668. The number of hydrogen-bond donors (Lipinski definition) is 1. The van der Waals surface area contributed by atoms with E-state index < -0.39 is 0 Å². The van der Waals surface area contributed by atoms with Crippen molar-refractivity contribution < 1.29 is 14.3 Å². The van der Waals surface area contributed by atoms with Crippen molar-refractivity contribution in [3.63, 3.8) is 0 Å². The van der Waals surface area contributed by atoms with Gasteiger partial charge in [-0.15, -0.1) is 0 Å². The summed E-state index contributed by atoms with van der Waals surface area (Å²) in [5, 5.41) is 2.85. The number of amides is 1. The molecule has 2 aromatic carbocycles. The molecule has 23 heavy (non-hydrogen) atoms. The van der Waals surface area contributed by atoms with Gasteiger partial charge in [0.25, 0.3) is 5.91 Å². The second-order valence-electron chi connectivity index (χ2n) is 5.53. The molecule has 0 aliphatic heterocycles. The Morgan fingerprint density at radius 2 is 1.87 bits per heavy atom. The van der Waals surface area contributed by atoms with Crippen molar-refractivity contribution >= 4 is 27.5 Å². The van der Waals surface area contributed by atoms with Crippen LogP contribution in [0.2, 0.25) is 0 Å². The highest BCUT2D eigenvalue weighted by atomic mass is 79.9. The van der Waals surface area contributed by atoms with Gasteiger partial charge >= 0.3 is 0 Å². The van der Waals surface area contributed by atoms with Crippen molar-refractivity contribution in [3.05, 3.63) is 52.5 Å². The van der Waals surface area contributed by atoms with Gasteiger partial charge in [0.15, 0.2) is 0 Å². The molecule has 1 amide bonds. The molecular weight excluding hydrogens is 358 g/mol. The third-order valence-corrected chi connectivity index (χ3v) is 3.73. The van der Waals surface area contributed by atoms with E-state index in [1.807, 2.05) is 0 Å². The van der Waals surface area contributed by atoms with Crippen LogP contribution in [0.1, 0.15) is 24.2 Å². The minimum Gasteiger partial charge on any atom is -0.497 e.